The van der Waals surface area contributed by atoms with Gasteiger partial charge in [0.25, 0.3) is 0 Å². The molecule has 0 heterocycles. The smallest absolute Gasteiger partial charge is 0.308 e. The van der Waals surface area contributed by atoms with Gasteiger partial charge >= 0.3 is 5.97 Å². The Morgan fingerprint density at radius 1 is 1.45 bits per heavy atom. The highest BCUT2D eigenvalue weighted by atomic mass is 35.5. The van der Waals surface area contributed by atoms with E-state index in [9.17, 15) is 9.59 Å². The number of carbonyl (C=O) groups excluding carboxylic acids is 1. The van der Waals surface area contributed by atoms with E-state index in [2.05, 4.69) is 0 Å². The molecule has 0 saturated heterocycles. The van der Waals surface area contributed by atoms with E-state index in [1.54, 1.807) is 32.2 Å². The highest BCUT2D eigenvalue weighted by Crippen LogP contribution is 2.23. The summed E-state index contributed by atoms with van der Waals surface area (Å²) in [6.45, 7) is 1.73. The first-order valence-electron chi connectivity index (χ1n) is 6.14. The molecule has 5 nitrogen and oxygen atoms in total. The van der Waals surface area contributed by atoms with Crippen LogP contribution >= 0.6 is 11.6 Å². The molecule has 0 aliphatic heterocycles. The number of nitrogens with zero attached hydrogens (tertiary/aromatic N) is 1. The topological polar surface area (TPSA) is 66.8 Å². The van der Waals surface area contributed by atoms with Gasteiger partial charge < -0.3 is 14.7 Å². The van der Waals surface area contributed by atoms with Gasteiger partial charge in [-0.2, -0.15) is 0 Å². The zero-order chi connectivity index (χ0) is 15.3. The van der Waals surface area contributed by atoms with Crippen LogP contribution in [-0.4, -0.2) is 42.6 Å². The number of carbonyl (C=O) groups is 2. The Morgan fingerprint density at radius 3 is 2.65 bits per heavy atom. The maximum Gasteiger partial charge on any atom is 0.308 e. The predicted molar refractivity (Wildman–Crippen MR) is 76.1 cm³/mol. The summed E-state index contributed by atoms with van der Waals surface area (Å²) in [6.07, 6.45) is 0.118. The second-order valence-electron chi connectivity index (χ2n) is 4.65. The molecule has 0 aliphatic rings. The van der Waals surface area contributed by atoms with Crippen LogP contribution in [0.3, 0.4) is 0 Å². The number of carboxylic acids is 1. The molecule has 20 heavy (non-hydrogen) atoms. The molecule has 0 radical (unpaired) electrons. The molecule has 1 amide bonds. The second-order valence-corrected chi connectivity index (χ2v) is 5.08. The third-order valence-electron chi connectivity index (χ3n) is 2.98. The first-order chi connectivity index (χ1) is 9.35. The van der Waals surface area contributed by atoms with Gasteiger partial charge in [0, 0.05) is 24.2 Å². The van der Waals surface area contributed by atoms with Gasteiger partial charge in [0.2, 0.25) is 5.91 Å². The minimum atomic E-state index is -0.926. The molecule has 1 N–H and O–H groups in total. The van der Waals surface area contributed by atoms with Crippen molar-refractivity contribution < 1.29 is 19.4 Å². The zero-order valence-electron chi connectivity index (χ0n) is 11.7. The Labute approximate surface area is 123 Å². The summed E-state index contributed by atoms with van der Waals surface area (Å²) < 4.78 is 5.18. The molecule has 1 atom stereocenters. The quantitative estimate of drug-likeness (QED) is 0.873. The van der Waals surface area contributed by atoms with Gasteiger partial charge in [-0.3, -0.25) is 9.59 Å². The summed E-state index contributed by atoms with van der Waals surface area (Å²) >= 11 is 5.90. The summed E-state index contributed by atoms with van der Waals surface area (Å²) in [4.78, 5) is 24.3. The molecule has 1 rings (SSSR count). The molecule has 1 aromatic rings. The molecular formula is C14H18ClNO4. The number of rotatable bonds is 6. The maximum absolute atomic E-state index is 12.1. The van der Waals surface area contributed by atoms with Crippen molar-refractivity contribution in [3.63, 3.8) is 0 Å². The van der Waals surface area contributed by atoms with Crippen LogP contribution in [-0.2, 0) is 16.0 Å². The highest BCUT2D eigenvalue weighted by Gasteiger charge is 2.18. The first-order valence-corrected chi connectivity index (χ1v) is 6.52. The lowest BCUT2D eigenvalue weighted by molar-refractivity contribution is -0.142. The van der Waals surface area contributed by atoms with Crippen LogP contribution in [0.15, 0.2) is 18.2 Å². The number of likely N-dealkylation sites (N-methyl/N-ethyl adjacent to an activating group) is 1. The number of ether oxygens (including phenoxy) is 1. The molecule has 0 spiro atoms. The lowest BCUT2D eigenvalue weighted by atomic mass is 10.1. The van der Waals surface area contributed by atoms with Crippen LogP contribution in [0.4, 0.5) is 0 Å². The number of amides is 1. The van der Waals surface area contributed by atoms with Crippen LogP contribution in [0.25, 0.3) is 0 Å². The molecule has 0 saturated carbocycles. The lowest BCUT2D eigenvalue weighted by Crippen LogP contribution is -2.34. The Kier molecular flexibility index (Phi) is 5.82. The van der Waals surface area contributed by atoms with Crippen LogP contribution < -0.4 is 4.74 Å². The number of halogens is 1. The average Bonchev–Trinajstić information content (AvgIpc) is 2.38. The molecule has 0 aromatic heterocycles. The first kappa shape index (κ1) is 16.3. The van der Waals surface area contributed by atoms with Crippen LogP contribution in [0, 0.1) is 5.92 Å². The fourth-order valence-electron chi connectivity index (χ4n) is 1.77. The Hall–Kier alpha value is -1.75. The van der Waals surface area contributed by atoms with E-state index in [0.717, 1.165) is 0 Å². The van der Waals surface area contributed by atoms with E-state index >= 15 is 0 Å². The van der Waals surface area contributed by atoms with Crippen molar-refractivity contribution in [2.75, 3.05) is 20.7 Å². The van der Waals surface area contributed by atoms with Gasteiger partial charge in [-0.1, -0.05) is 18.5 Å². The minimum absolute atomic E-state index is 0.118. The van der Waals surface area contributed by atoms with Crippen LogP contribution in [0.2, 0.25) is 5.02 Å². The third kappa shape index (κ3) is 4.42. The summed E-state index contributed by atoms with van der Waals surface area (Å²) in [5, 5.41) is 9.37. The number of aliphatic carboxylic acids is 1. The van der Waals surface area contributed by atoms with Crippen molar-refractivity contribution >= 4 is 23.5 Å². The van der Waals surface area contributed by atoms with Crippen molar-refractivity contribution in [3.8, 4) is 5.75 Å². The van der Waals surface area contributed by atoms with Gasteiger partial charge in [-0.15, -0.1) is 0 Å². The van der Waals surface area contributed by atoms with Crippen molar-refractivity contribution in [1.82, 2.24) is 4.90 Å². The Bertz CT molecular complexity index is 504. The standard InChI is InChI=1S/C14H18ClNO4/c1-9(14(18)19)8-16(2)13(17)7-10-6-11(15)4-5-12(10)20-3/h4-6,9H,7-8H2,1-3H3,(H,18,19). The van der Waals surface area contributed by atoms with Crippen molar-refractivity contribution in [1.29, 1.82) is 0 Å². The number of hydrogen-bond donors (Lipinski definition) is 1. The fraction of sp³-hybridized carbons (Fsp3) is 0.429. The van der Waals surface area contributed by atoms with Crippen molar-refractivity contribution in [3.05, 3.63) is 28.8 Å². The zero-order valence-corrected chi connectivity index (χ0v) is 12.5. The van der Waals surface area contributed by atoms with Gasteiger partial charge in [0.05, 0.1) is 19.4 Å². The number of methoxy groups -OCH3 is 1. The van der Waals surface area contributed by atoms with E-state index in [4.69, 9.17) is 21.4 Å². The monoisotopic (exact) mass is 299 g/mol. The summed E-state index contributed by atoms with van der Waals surface area (Å²) in [5.74, 6) is -1.13. The molecule has 110 valence electrons. The third-order valence-corrected chi connectivity index (χ3v) is 3.21. The molecule has 6 heteroatoms. The van der Waals surface area contributed by atoms with E-state index in [0.29, 0.717) is 16.3 Å². The van der Waals surface area contributed by atoms with Crippen LogP contribution in [0.1, 0.15) is 12.5 Å². The maximum atomic E-state index is 12.1. The second kappa shape index (κ2) is 7.14. The normalized spacial score (nSPS) is 11.8. The van der Waals surface area contributed by atoms with Crippen molar-refractivity contribution in [2.45, 2.75) is 13.3 Å². The molecule has 1 aromatic carbocycles. The summed E-state index contributed by atoms with van der Waals surface area (Å²) in [5.41, 5.74) is 0.680. The summed E-state index contributed by atoms with van der Waals surface area (Å²) in [6, 6.07) is 5.06. The predicted octanol–water partition coefficient (Wildman–Crippen LogP) is 2.07. The number of benzene rings is 1. The van der Waals surface area contributed by atoms with E-state index in [1.807, 2.05) is 0 Å². The van der Waals surface area contributed by atoms with Crippen LogP contribution in [0.5, 0.6) is 5.75 Å². The largest absolute Gasteiger partial charge is 0.496 e. The van der Waals surface area contributed by atoms with Gasteiger partial charge in [0.15, 0.2) is 0 Å². The molecule has 1 unspecified atom stereocenters. The molecule has 0 aliphatic carbocycles. The molecule has 0 bridgehead atoms. The van der Waals surface area contributed by atoms with Gasteiger partial charge in [-0.05, 0) is 18.2 Å². The minimum Gasteiger partial charge on any atom is -0.496 e. The van der Waals surface area contributed by atoms with Crippen molar-refractivity contribution in [2.24, 2.45) is 5.92 Å². The van der Waals surface area contributed by atoms with E-state index in [1.165, 1.54) is 12.0 Å². The number of hydrogen-bond acceptors (Lipinski definition) is 3. The summed E-state index contributed by atoms with van der Waals surface area (Å²) in [7, 11) is 3.10. The van der Waals surface area contributed by atoms with Gasteiger partial charge in [0.1, 0.15) is 5.75 Å². The highest BCUT2D eigenvalue weighted by molar-refractivity contribution is 6.30. The van der Waals surface area contributed by atoms with E-state index in [-0.39, 0.29) is 18.9 Å². The number of carboxylic acid groups (broad SMARTS) is 1. The molecular weight excluding hydrogens is 282 g/mol. The lowest BCUT2D eigenvalue weighted by Gasteiger charge is -2.20. The van der Waals surface area contributed by atoms with Gasteiger partial charge in [-0.25, -0.2) is 0 Å². The Morgan fingerprint density at radius 2 is 2.10 bits per heavy atom. The van der Waals surface area contributed by atoms with E-state index < -0.39 is 11.9 Å². The average molecular weight is 300 g/mol. The Balaban J connectivity index is 2.75. The SMILES string of the molecule is COc1ccc(Cl)cc1CC(=O)N(C)CC(C)C(=O)O. The fourth-order valence-corrected chi connectivity index (χ4v) is 1.97. The molecule has 0 fully saturated rings.